The van der Waals surface area contributed by atoms with Gasteiger partial charge in [0.05, 0.1) is 12.1 Å². The molecule has 1 heterocycles. The van der Waals surface area contributed by atoms with Gasteiger partial charge in [-0.05, 0) is 50.0 Å². The topological polar surface area (TPSA) is 29.9 Å². The van der Waals surface area contributed by atoms with Crippen molar-refractivity contribution in [3.63, 3.8) is 0 Å². The van der Waals surface area contributed by atoms with Crippen molar-refractivity contribution in [1.82, 2.24) is 9.55 Å². The number of benzene rings is 1. The second-order valence-corrected chi connectivity index (χ2v) is 5.62. The van der Waals surface area contributed by atoms with Gasteiger partial charge < -0.3 is 14.3 Å². The number of H-pyrrole nitrogens is 1. The number of ether oxygens (including phenoxy) is 1. The molecule has 1 aliphatic carbocycles. The minimum absolute atomic E-state index is 0.582. The highest BCUT2D eigenvalue weighted by molar-refractivity contribution is 7.71. The van der Waals surface area contributed by atoms with Gasteiger partial charge in [-0.3, -0.25) is 0 Å². The average Bonchev–Trinajstić information content (AvgIpc) is 3.04. The van der Waals surface area contributed by atoms with Gasteiger partial charge in [0.1, 0.15) is 11.3 Å². The summed E-state index contributed by atoms with van der Waals surface area (Å²) in [6.07, 6.45) is 3.80. The number of nitrogens with zero attached hydrogens (tertiary/aromatic N) is 1. The van der Waals surface area contributed by atoms with Gasteiger partial charge in [-0.15, -0.1) is 0 Å². The first-order valence-corrected chi connectivity index (χ1v) is 7.53. The Morgan fingerprint density at radius 1 is 1.42 bits per heavy atom. The Kier molecular flexibility index (Phi) is 3.35. The van der Waals surface area contributed by atoms with Crippen molar-refractivity contribution in [2.24, 2.45) is 5.92 Å². The fourth-order valence-corrected chi connectivity index (χ4v) is 3.29. The van der Waals surface area contributed by atoms with E-state index in [1.807, 2.05) is 19.1 Å². The highest BCUT2D eigenvalue weighted by atomic mass is 32.1. The van der Waals surface area contributed by atoms with E-state index in [2.05, 4.69) is 22.5 Å². The van der Waals surface area contributed by atoms with Gasteiger partial charge in [0.15, 0.2) is 4.77 Å². The number of aromatic nitrogens is 2. The van der Waals surface area contributed by atoms with Crippen LogP contribution in [0.5, 0.6) is 5.75 Å². The molecule has 0 radical (unpaired) electrons. The van der Waals surface area contributed by atoms with Gasteiger partial charge >= 0.3 is 0 Å². The highest BCUT2D eigenvalue weighted by Gasteiger charge is 2.39. The van der Waals surface area contributed by atoms with Crippen LogP contribution in [-0.4, -0.2) is 16.2 Å². The lowest BCUT2D eigenvalue weighted by atomic mass is 10.2. The van der Waals surface area contributed by atoms with Crippen LogP contribution in [-0.2, 0) is 0 Å². The second kappa shape index (κ2) is 5.00. The van der Waals surface area contributed by atoms with Crippen molar-refractivity contribution in [2.45, 2.75) is 39.2 Å². The maximum atomic E-state index is 5.67. The molecular formula is C15H20N2OS. The van der Waals surface area contributed by atoms with Crippen LogP contribution >= 0.6 is 12.2 Å². The largest absolute Gasteiger partial charge is 0.492 e. The monoisotopic (exact) mass is 276 g/mol. The molecule has 1 aliphatic rings. The zero-order chi connectivity index (χ0) is 13.4. The number of para-hydroxylation sites is 1. The minimum atomic E-state index is 0.582. The van der Waals surface area contributed by atoms with E-state index >= 15 is 0 Å². The summed E-state index contributed by atoms with van der Waals surface area (Å²) in [4.78, 5) is 3.32. The van der Waals surface area contributed by atoms with Crippen molar-refractivity contribution < 1.29 is 4.74 Å². The lowest BCUT2D eigenvalue weighted by Gasteiger charge is -2.06. The molecule has 1 fully saturated rings. The molecule has 1 saturated carbocycles. The summed E-state index contributed by atoms with van der Waals surface area (Å²) in [6, 6.07) is 6.76. The summed E-state index contributed by atoms with van der Waals surface area (Å²) in [6.45, 7) is 4.92. The number of hydrogen-bond donors (Lipinski definition) is 1. The van der Waals surface area contributed by atoms with Crippen molar-refractivity contribution in [3.8, 4) is 5.75 Å². The molecule has 0 amide bonds. The van der Waals surface area contributed by atoms with E-state index in [-0.39, 0.29) is 0 Å². The maximum Gasteiger partial charge on any atom is 0.178 e. The predicted octanol–water partition coefficient (Wildman–Crippen LogP) is 4.46. The molecular weight excluding hydrogens is 256 g/mol. The van der Waals surface area contributed by atoms with Crippen molar-refractivity contribution in [2.75, 3.05) is 6.61 Å². The van der Waals surface area contributed by atoms with Crippen LogP contribution in [0.2, 0.25) is 0 Å². The Hall–Kier alpha value is -1.29. The summed E-state index contributed by atoms with van der Waals surface area (Å²) >= 11 is 5.50. The number of rotatable bonds is 5. The van der Waals surface area contributed by atoms with E-state index in [0.29, 0.717) is 12.6 Å². The lowest BCUT2D eigenvalue weighted by Crippen LogP contribution is -1.97. The Labute approximate surface area is 118 Å². The Bertz CT molecular complexity index is 643. The number of aromatic amines is 1. The normalized spacial score (nSPS) is 21.8. The quantitative estimate of drug-likeness (QED) is 0.817. The average molecular weight is 276 g/mol. The first kappa shape index (κ1) is 12.7. The molecule has 19 heavy (non-hydrogen) atoms. The molecule has 0 spiro atoms. The van der Waals surface area contributed by atoms with E-state index in [1.54, 1.807) is 0 Å². The fraction of sp³-hybridized carbons (Fsp3) is 0.533. The molecule has 1 aromatic carbocycles. The van der Waals surface area contributed by atoms with Crippen LogP contribution in [0.15, 0.2) is 18.2 Å². The zero-order valence-electron chi connectivity index (χ0n) is 11.5. The van der Waals surface area contributed by atoms with Gasteiger partial charge in [-0.25, -0.2) is 0 Å². The summed E-state index contributed by atoms with van der Waals surface area (Å²) < 4.78 is 8.78. The molecule has 102 valence electrons. The molecule has 3 rings (SSSR count). The molecule has 0 aliphatic heterocycles. The molecule has 3 nitrogen and oxygen atoms in total. The zero-order valence-corrected chi connectivity index (χ0v) is 12.3. The summed E-state index contributed by atoms with van der Waals surface area (Å²) in [5.41, 5.74) is 2.22. The van der Waals surface area contributed by atoms with Gasteiger partial charge in [0.2, 0.25) is 0 Å². The van der Waals surface area contributed by atoms with E-state index in [0.717, 1.165) is 22.0 Å². The van der Waals surface area contributed by atoms with Crippen molar-refractivity contribution >= 4 is 23.3 Å². The summed E-state index contributed by atoms with van der Waals surface area (Å²) in [5, 5.41) is 0. The first-order valence-electron chi connectivity index (χ1n) is 7.12. The van der Waals surface area contributed by atoms with E-state index in [9.17, 15) is 0 Å². The molecule has 2 aromatic rings. The predicted molar refractivity (Wildman–Crippen MR) is 80.3 cm³/mol. The molecule has 0 saturated heterocycles. The van der Waals surface area contributed by atoms with Gasteiger partial charge in [0.25, 0.3) is 0 Å². The third kappa shape index (κ3) is 2.18. The van der Waals surface area contributed by atoms with Crippen LogP contribution in [0.4, 0.5) is 0 Å². The Morgan fingerprint density at radius 2 is 2.26 bits per heavy atom. The second-order valence-electron chi connectivity index (χ2n) is 5.24. The van der Waals surface area contributed by atoms with Crippen molar-refractivity contribution in [3.05, 3.63) is 23.0 Å². The van der Waals surface area contributed by atoms with E-state index in [4.69, 9.17) is 17.0 Å². The molecule has 1 N–H and O–H groups in total. The number of fused-ring (bicyclic) bond motifs is 1. The molecule has 4 heteroatoms. The fourth-order valence-electron chi connectivity index (χ4n) is 2.96. The van der Waals surface area contributed by atoms with E-state index < -0.39 is 0 Å². The summed E-state index contributed by atoms with van der Waals surface area (Å²) in [5.74, 6) is 1.70. The standard InChI is InChI=1S/C15H20N2OS/c1-3-6-10-9-12(10)17-11-7-5-8-13(18-4-2)14(11)16-15(17)19/h5,7-8,10,12H,3-4,6,9H2,1-2H3,(H,16,19). The minimum Gasteiger partial charge on any atom is -0.492 e. The third-order valence-electron chi connectivity index (χ3n) is 3.89. The smallest absolute Gasteiger partial charge is 0.178 e. The first-order chi connectivity index (χ1) is 9.26. The number of hydrogen-bond acceptors (Lipinski definition) is 2. The van der Waals surface area contributed by atoms with Crippen LogP contribution in [0, 0.1) is 10.7 Å². The summed E-state index contributed by atoms with van der Waals surface area (Å²) in [7, 11) is 0. The third-order valence-corrected chi connectivity index (χ3v) is 4.19. The molecule has 2 atom stereocenters. The Balaban J connectivity index is 2.04. The lowest BCUT2D eigenvalue weighted by molar-refractivity contribution is 0.343. The van der Waals surface area contributed by atoms with Gasteiger partial charge in [-0.1, -0.05) is 19.4 Å². The SMILES string of the molecule is CCCC1CC1n1c(=S)[nH]c2c(OCC)cccc21. The number of imidazole rings is 1. The molecule has 0 bridgehead atoms. The van der Waals surface area contributed by atoms with Gasteiger partial charge in [0, 0.05) is 6.04 Å². The highest BCUT2D eigenvalue weighted by Crippen LogP contribution is 2.48. The number of nitrogens with one attached hydrogen (secondary N) is 1. The molecule has 2 unspecified atom stereocenters. The Morgan fingerprint density at radius 3 is 3.00 bits per heavy atom. The van der Waals surface area contributed by atoms with Gasteiger partial charge in [-0.2, -0.15) is 0 Å². The van der Waals surface area contributed by atoms with Crippen LogP contribution in [0.3, 0.4) is 0 Å². The van der Waals surface area contributed by atoms with Crippen LogP contribution < -0.4 is 4.74 Å². The van der Waals surface area contributed by atoms with Crippen molar-refractivity contribution in [1.29, 1.82) is 0 Å². The van der Waals surface area contributed by atoms with Crippen LogP contribution in [0.1, 0.15) is 39.2 Å². The molecule has 1 aromatic heterocycles. The maximum absolute atomic E-state index is 5.67. The van der Waals surface area contributed by atoms with Crippen LogP contribution in [0.25, 0.3) is 11.0 Å². The van der Waals surface area contributed by atoms with E-state index in [1.165, 1.54) is 24.8 Å².